The van der Waals surface area contributed by atoms with E-state index in [1.807, 2.05) is 0 Å². The fraction of sp³-hybridized carbons (Fsp3) is 0.133. The third kappa shape index (κ3) is 5.12. The fourth-order valence-corrected chi connectivity index (χ4v) is 2.03. The second kappa shape index (κ2) is 7.55. The van der Waals surface area contributed by atoms with Crippen LogP contribution in [0.3, 0.4) is 0 Å². The van der Waals surface area contributed by atoms with Gasteiger partial charge < -0.3 is 10.1 Å². The third-order valence-corrected chi connectivity index (χ3v) is 3.65. The number of hydrogen-bond acceptors (Lipinski definition) is 2. The van der Waals surface area contributed by atoms with Crippen molar-refractivity contribution in [2.45, 2.75) is 6.54 Å². The average molecular weight is 345 g/mol. The van der Waals surface area contributed by atoms with E-state index >= 15 is 0 Å². The van der Waals surface area contributed by atoms with E-state index in [9.17, 15) is 4.79 Å². The van der Waals surface area contributed by atoms with Gasteiger partial charge in [-0.3, -0.25) is 4.79 Å². The molecule has 6 heteroatoms. The van der Waals surface area contributed by atoms with Gasteiger partial charge in [0, 0.05) is 11.6 Å². The zero-order valence-corrected chi connectivity index (χ0v) is 13.2. The van der Waals surface area contributed by atoms with E-state index in [0.29, 0.717) is 27.4 Å². The van der Waals surface area contributed by atoms with Crippen molar-refractivity contribution in [1.82, 2.24) is 5.32 Å². The quantitative estimate of drug-likeness (QED) is 0.876. The largest absolute Gasteiger partial charge is 0.484 e. The summed E-state index contributed by atoms with van der Waals surface area (Å²) in [4.78, 5) is 11.7. The number of rotatable bonds is 5. The first-order chi connectivity index (χ1) is 10.0. The second-order valence-corrected chi connectivity index (χ2v) is 5.52. The van der Waals surface area contributed by atoms with E-state index in [4.69, 9.17) is 39.5 Å². The van der Waals surface area contributed by atoms with E-state index in [2.05, 4.69) is 5.32 Å². The van der Waals surface area contributed by atoms with E-state index < -0.39 is 0 Å². The van der Waals surface area contributed by atoms with Crippen molar-refractivity contribution >= 4 is 40.7 Å². The van der Waals surface area contributed by atoms with Gasteiger partial charge >= 0.3 is 0 Å². The maximum absolute atomic E-state index is 11.7. The van der Waals surface area contributed by atoms with Crippen molar-refractivity contribution in [3.8, 4) is 5.75 Å². The summed E-state index contributed by atoms with van der Waals surface area (Å²) in [6.07, 6.45) is 0. The van der Waals surface area contributed by atoms with Gasteiger partial charge in [0.2, 0.25) is 0 Å². The molecule has 0 fully saturated rings. The maximum Gasteiger partial charge on any atom is 0.258 e. The summed E-state index contributed by atoms with van der Waals surface area (Å²) in [7, 11) is 0. The molecule has 3 nitrogen and oxygen atoms in total. The minimum Gasteiger partial charge on any atom is -0.484 e. The topological polar surface area (TPSA) is 38.3 Å². The first kappa shape index (κ1) is 16.0. The van der Waals surface area contributed by atoms with Gasteiger partial charge in [0.25, 0.3) is 5.91 Å². The Hall–Kier alpha value is -1.42. The van der Waals surface area contributed by atoms with Gasteiger partial charge in [-0.1, -0.05) is 40.9 Å². The molecule has 2 aromatic carbocycles. The standard InChI is InChI=1S/C15H12Cl3NO2/c16-11-2-4-12(5-3-11)21-9-15(20)19-8-10-1-6-13(17)14(18)7-10/h1-7H,8-9H2,(H,19,20). The summed E-state index contributed by atoms with van der Waals surface area (Å²) >= 11 is 17.5. The minimum absolute atomic E-state index is 0.0665. The summed E-state index contributed by atoms with van der Waals surface area (Å²) in [6, 6.07) is 12.0. The molecule has 0 spiro atoms. The van der Waals surface area contributed by atoms with Crippen molar-refractivity contribution < 1.29 is 9.53 Å². The molecule has 0 bridgehead atoms. The lowest BCUT2D eigenvalue weighted by atomic mass is 10.2. The number of hydrogen-bond donors (Lipinski definition) is 1. The van der Waals surface area contributed by atoms with Crippen LogP contribution in [0, 0.1) is 0 Å². The lowest BCUT2D eigenvalue weighted by Crippen LogP contribution is -2.28. The van der Waals surface area contributed by atoms with Gasteiger partial charge in [0.1, 0.15) is 5.75 Å². The molecular formula is C15H12Cl3NO2. The van der Waals surface area contributed by atoms with E-state index in [-0.39, 0.29) is 12.5 Å². The fourth-order valence-electron chi connectivity index (χ4n) is 1.58. The summed E-state index contributed by atoms with van der Waals surface area (Å²) in [5, 5.41) is 4.30. The van der Waals surface area contributed by atoms with Crippen molar-refractivity contribution in [1.29, 1.82) is 0 Å². The number of carbonyl (C=O) groups excluding carboxylic acids is 1. The predicted octanol–water partition coefficient (Wildman–Crippen LogP) is 4.34. The molecule has 0 aliphatic carbocycles. The van der Waals surface area contributed by atoms with Gasteiger partial charge in [-0.2, -0.15) is 0 Å². The molecule has 0 saturated heterocycles. The van der Waals surface area contributed by atoms with Crippen molar-refractivity contribution in [3.05, 3.63) is 63.1 Å². The Morgan fingerprint density at radius 1 is 1.00 bits per heavy atom. The number of halogens is 3. The summed E-state index contributed by atoms with van der Waals surface area (Å²) in [5.41, 5.74) is 0.865. The smallest absolute Gasteiger partial charge is 0.258 e. The van der Waals surface area contributed by atoms with Crippen molar-refractivity contribution in [3.63, 3.8) is 0 Å². The zero-order chi connectivity index (χ0) is 15.2. The number of amides is 1. The highest BCUT2D eigenvalue weighted by Crippen LogP contribution is 2.22. The molecule has 2 rings (SSSR count). The van der Waals surface area contributed by atoms with E-state index in [1.165, 1.54) is 0 Å². The molecule has 0 saturated carbocycles. The molecule has 1 N–H and O–H groups in total. The van der Waals surface area contributed by atoms with E-state index in [0.717, 1.165) is 5.56 Å². The molecule has 21 heavy (non-hydrogen) atoms. The number of benzene rings is 2. The summed E-state index contributed by atoms with van der Waals surface area (Å²) < 4.78 is 5.34. The van der Waals surface area contributed by atoms with Crippen molar-refractivity contribution in [2.75, 3.05) is 6.61 Å². The van der Waals surface area contributed by atoms with Gasteiger partial charge in [-0.05, 0) is 42.0 Å². The Kier molecular flexibility index (Phi) is 5.74. The van der Waals surface area contributed by atoms with Crippen LogP contribution in [-0.2, 0) is 11.3 Å². The van der Waals surface area contributed by atoms with E-state index in [1.54, 1.807) is 42.5 Å². The Morgan fingerprint density at radius 2 is 1.71 bits per heavy atom. The number of nitrogens with one attached hydrogen (secondary N) is 1. The molecule has 110 valence electrons. The first-order valence-corrected chi connectivity index (χ1v) is 7.27. The molecule has 2 aromatic rings. The average Bonchev–Trinajstić information content (AvgIpc) is 2.48. The predicted molar refractivity (Wildman–Crippen MR) is 85.3 cm³/mol. The highest BCUT2D eigenvalue weighted by Gasteiger charge is 2.04. The van der Waals surface area contributed by atoms with Crippen LogP contribution in [0.2, 0.25) is 15.1 Å². The molecular weight excluding hydrogens is 333 g/mol. The van der Waals surface area contributed by atoms with Crippen LogP contribution in [0.5, 0.6) is 5.75 Å². The van der Waals surface area contributed by atoms with Crippen LogP contribution < -0.4 is 10.1 Å². The normalized spacial score (nSPS) is 10.2. The van der Waals surface area contributed by atoms with Crippen LogP contribution in [-0.4, -0.2) is 12.5 Å². The lowest BCUT2D eigenvalue weighted by Gasteiger charge is -2.08. The van der Waals surface area contributed by atoms with Crippen molar-refractivity contribution in [2.24, 2.45) is 0 Å². The molecule has 0 unspecified atom stereocenters. The Bertz CT molecular complexity index is 629. The van der Waals surface area contributed by atoms with Crippen LogP contribution in [0.1, 0.15) is 5.56 Å². The van der Waals surface area contributed by atoms with Gasteiger partial charge in [-0.25, -0.2) is 0 Å². The summed E-state index contributed by atoms with van der Waals surface area (Å²) in [6.45, 7) is 0.294. The third-order valence-electron chi connectivity index (χ3n) is 2.66. The molecule has 0 aliphatic rings. The van der Waals surface area contributed by atoms with Gasteiger partial charge in [0.15, 0.2) is 6.61 Å². The molecule has 0 aliphatic heterocycles. The zero-order valence-electron chi connectivity index (χ0n) is 10.9. The van der Waals surface area contributed by atoms with Gasteiger partial charge in [0.05, 0.1) is 10.0 Å². The monoisotopic (exact) mass is 343 g/mol. The lowest BCUT2D eigenvalue weighted by molar-refractivity contribution is -0.123. The minimum atomic E-state index is -0.226. The van der Waals surface area contributed by atoms with Crippen LogP contribution >= 0.6 is 34.8 Å². The maximum atomic E-state index is 11.7. The highest BCUT2D eigenvalue weighted by molar-refractivity contribution is 6.42. The Balaban J connectivity index is 1.79. The van der Waals surface area contributed by atoms with Gasteiger partial charge in [-0.15, -0.1) is 0 Å². The first-order valence-electron chi connectivity index (χ1n) is 6.13. The number of ether oxygens (including phenoxy) is 1. The second-order valence-electron chi connectivity index (χ2n) is 4.27. The molecule has 0 heterocycles. The Morgan fingerprint density at radius 3 is 2.38 bits per heavy atom. The molecule has 0 aromatic heterocycles. The molecule has 1 amide bonds. The SMILES string of the molecule is O=C(COc1ccc(Cl)cc1)NCc1ccc(Cl)c(Cl)c1. The summed E-state index contributed by atoms with van der Waals surface area (Å²) in [5.74, 6) is 0.361. The van der Waals surface area contributed by atoms with Crippen LogP contribution in [0.25, 0.3) is 0 Å². The number of carbonyl (C=O) groups is 1. The van der Waals surface area contributed by atoms with Crippen LogP contribution in [0.4, 0.5) is 0 Å². The Labute approximate surface area is 137 Å². The van der Waals surface area contributed by atoms with Crippen LogP contribution in [0.15, 0.2) is 42.5 Å². The molecule has 0 radical (unpaired) electrons. The molecule has 0 atom stereocenters. The highest BCUT2D eigenvalue weighted by atomic mass is 35.5.